The topological polar surface area (TPSA) is 62.7 Å². The Kier molecular flexibility index (Phi) is 3.82. The summed E-state index contributed by atoms with van der Waals surface area (Å²) in [6.07, 6.45) is 5.39. The van der Waals surface area contributed by atoms with Crippen LogP contribution in [0.1, 0.15) is 30.0 Å². The quantitative estimate of drug-likeness (QED) is 0.911. The number of nitrogens with zero attached hydrogens (tertiary/aromatic N) is 2. The zero-order valence-corrected chi connectivity index (χ0v) is 11.3. The number of aryl methyl sites for hydroxylation is 1. The van der Waals surface area contributed by atoms with Gasteiger partial charge < -0.3 is 5.73 Å². The van der Waals surface area contributed by atoms with Gasteiger partial charge in [0.1, 0.15) is 6.07 Å². The van der Waals surface area contributed by atoms with Crippen molar-refractivity contribution in [2.24, 2.45) is 5.73 Å². The molecular weight excluding hydrogens is 234 g/mol. The second-order valence-corrected chi connectivity index (χ2v) is 4.70. The van der Waals surface area contributed by atoms with E-state index in [-0.39, 0.29) is 0 Å². The van der Waals surface area contributed by atoms with Gasteiger partial charge in [-0.05, 0) is 42.7 Å². The third-order valence-electron chi connectivity index (χ3n) is 2.97. The van der Waals surface area contributed by atoms with E-state index in [2.05, 4.69) is 24.0 Å². The van der Waals surface area contributed by atoms with E-state index in [0.29, 0.717) is 12.0 Å². The Balaban J connectivity index is 2.53. The molecule has 1 aromatic carbocycles. The number of hydrogen-bond acceptors (Lipinski definition) is 3. The van der Waals surface area contributed by atoms with Crippen molar-refractivity contribution in [3.8, 4) is 6.07 Å². The van der Waals surface area contributed by atoms with Crippen LogP contribution in [0.4, 0.5) is 0 Å². The summed E-state index contributed by atoms with van der Waals surface area (Å²) in [4.78, 5) is 4.34. The van der Waals surface area contributed by atoms with E-state index < -0.39 is 0 Å². The number of benzene rings is 1. The molecule has 0 spiro atoms. The molecular formula is C16H17N3. The van der Waals surface area contributed by atoms with E-state index in [1.807, 2.05) is 25.1 Å². The summed E-state index contributed by atoms with van der Waals surface area (Å²) in [7, 11) is 0. The van der Waals surface area contributed by atoms with Crippen LogP contribution in [0.3, 0.4) is 0 Å². The second kappa shape index (κ2) is 5.53. The van der Waals surface area contributed by atoms with Gasteiger partial charge in [0.2, 0.25) is 0 Å². The van der Waals surface area contributed by atoms with Crippen molar-refractivity contribution >= 4 is 10.9 Å². The lowest BCUT2D eigenvalue weighted by Gasteiger charge is -2.06. The van der Waals surface area contributed by atoms with Gasteiger partial charge in [0.05, 0.1) is 11.1 Å². The predicted molar refractivity (Wildman–Crippen MR) is 77.5 cm³/mol. The lowest BCUT2D eigenvalue weighted by molar-refractivity contribution is 1.06. The van der Waals surface area contributed by atoms with Gasteiger partial charge in [-0.25, -0.2) is 0 Å². The Labute approximate surface area is 113 Å². The second-order valence-electron chi connectivity index (χ2n) is 4.70. The highest BCUT2D eigenvalue weighted by atomic mass is 14.7. The van der Waals surface area contributed by atoms with Crippen LogP contribution >= 0.6 is 0 Å². The molecule has 0 amide bonds. The highest BCUT2D eigenvalue weighted by molar-refractivity contribution is 5.85. The summed E-state index contributed by atoms with van der Waals surface area (Å²) in [5.74, 6) is 0. The molecule has 0 aliphatic carbocycles. The Morgan fingerprint density at radius 1 is 1.42 bits per heavy atom. The Morgan fingerprint density at radius 3 is 2.89 bits per heavy atom. The lowest BCUT2D eigenvalue weighted by atomic mass is 10.0. The highest BCUT2D eigenvalue weighted by Gasteiger charge is 2.06. The highest BCUT2D eigenvalue weighted by Crippen LogP contribution is 2.21. The Morgan fingerprint density at radius 2 is 2.21 bits per heavy atom. The molecule has 2 rings (SSSR count). The molecule has 3 heteroatoms. The van der Waals surface area contributed by atoms with Gasteiger partial charge in [0, 0.05) is 23.7 Å². The molecule has 2 N–H and O–H groups in total. The third-order valence-corrected chi connectivity index (χ3v) is 2.97. The number of fused-ring (bicyclic) bond motifs is 1. The number of aromatic nitrogens is 1. The predicted octanol–water partition coefficient (Wildman–Crippen LogP) is 3.21. The van der Waals surface area contributed by atoms with Gasteiger partial charge in [-0.2, -0.15) is 5.26 Å². The fourth-order valence-corrected chi connectivity index (χ4v) is 2.18. The zero-order chi connectivity index (χ0) is 13.8. The molecule has 0 aliphatic heterocycles. The molecule has 0 radical (unpaired) electrons. The minimum absolute atomic E-state index is 0.608. The molecule has 1 heterocycles. The van der Waals surface area contributed by atoms with Gasteiger partial charge in [-0.3, -0.25) is 4.98 Å². The molecule has 19 heavy (non-hydrogen) atoms. The molecule has 0 atom stereocenters. The monoisotopic (exact) mass is 251 g/mol. The van der Waals surface area contributed by atoms with Crippen LogP contribution in [-0.4, -0.2) is 4.98 Å². The van der Waals surface area contributed by atoms with Crippen LogP contribution in [0.5, 0.6) is 0 Å². The minimum atomic E-state index is 0.608. The Hall–Kier alpha value is -2.34. The van der Waals surface area contributed by atoms with Gasteiger partial charge in [0.15, 0.2) is 0 Å². The van der Waals surface area contributed by atoms with Crippen molar-refractivity contribution in [3.63, 3.8) is 0 Å². The van der Waals surface area contributed by atoms with Crippen LogP contribution in [0, 0.1) is 18.3 Å². The standard InChI is InChI=1S/C16H17N3/c1-3-4-15(18)8-12-6-13-5-11(2)10-19-16(13)14(7-12)9-17/h4-7,10H,3,8,18H2,1-2H3/b15-4-. The maximum atomic E-state index is 9.23. The van der Waals surface area contributed by atoms with Crippen LogP contribution in [0.2, 0.25) is 0 Å². The summed E-state index contributed by atoms with van der Waals surface area (Å²) in [5, 5.41) is 10.2. The van der Waals surface area contributed by atoms with Crippen molar-refractivity contribution in [1.82, 2.24) is 4.98 Å². The summed E-state index contributed by atoms with van der Waals surface area (Å²) < 4.78 is 0. The number of hydrogen-bond donors (Lipinski definition) is 1. The number of nitriles is 1. The molecule has 0 unspecified atom stereocenters. The van der Waals surface area contributed by atoms with Crippen molar-refractivity contribution < 1.29 is 0 Å². The first-order valence-electron chi connectivity index (χ1n) is 6.38. The van der Waals surface area contributed by atoms with E-state index in [9.17, 15) is 5.26 Å². The minimum Gasteiger partial charge on any atom is -0.402 e. The van der Waals surface area contributed by atoms with E-state index in [0.717, 1.165) is 34.1 Å². The first-order valence-corrected chi connectivity index (χ1v) is 6.38. The van der Waals surface area contributed by atoms with Crippen molar-refractivity contribution in [3.05, 3.63) is 52.9 Å². The van der Waals surface area contributed by atoms with E-state index in [1.165, 1.54) is 0 Å². The van der Waals surface area contributed by atoms with Crippen molar-refractivity contribution in [2.75, 3.05) is 0 Å². The molecule has 96 valence electrons. The average Bonchev–Trinajstić information content (AvgIpc) is 2.37. The first-order chi connectivity index (χ1) is 9.13. The maximum Gasteiger partial charge on any atom is 0.101 e. The number of pyridine rings is 1. The Bertz CT molecular complexity index is 678. The molecule has 3 nitrogen and oxygen atoms in total. The van der Waals surface area contributed by atoms with E-state index in [1.54, 1.807) is 6.20 Å². The van der Waals surface area contributed by atoms with Crippen molar-refractivity contribution in [2.45, 2.75) is 26.7 Å². The fraction of sp³-hybridized carbons (Fsp3) is 0.250. The summed E-state index contributed by atoms with van der Waals surface area (Å²) in [6, 6.07) is 8.20. The third kappa shape index (κ3) is 2.92. The smallest absolute Gasteiger partial charge is 0.101 e. The van der Waals surface area contributed by atoms with Crippen LogP contribution in [0.25, 0.3) is 10.9 Å². The molecule has 0 fully saturated rings. The van der Waals surface area contributed by atoms with Gasteiger partial charge in [-0.1, -0.05) is 13.0 Å². The molecule has 0 aliphatic rings. The van der Waals surface area contributed by atoms with Crippen LogP contribution in [-0.2, 0) is 6.42 Å². The molecule has 0 saturated heterocycles. The molecule has 0 bridgehead atoms. The maximum absolute atomic E-state index is 9.23. The van der Waals surface area contributed by atoms with Gasteiger partial charge in [-0.15, -0.1) is 0 Å². The fourth-order valence-electron chi connectivity index (χ4n) is 2.18. The van der Waals surface area contributed by atoms with Gasteiger partial charge in [0.25, 0.3) is 0 Å². The van der Waals surface area contributed by atoms with E-state index in [4.69, 9.17) is 5.73 Å². The number of allylic oxidation sites excluding steroid dienone is 2. The summed E-state index contributed by atoms with van der Waals surface area (Å²) in [6.45, 7) is 4.05. The summed E-state index contributed by atoms with van der Waals surface area (Å²) in [5.41, 5.74) is 10.3. The van der Waals surface area contributed by atoms with Crippen LogP contribution < -0.4 is 5.73 Å². The molecule has 2 aromatic rings. The van der Waals surface area contributed by atoms with Crippen LogP contribution in [0.15, 0.2) is 36.2 Å². The average molecular weight is 251 g/mol. The molecule has 0 saturated carbocycles. The SMILES string of the molecule is CC/C=C(\N)Cc1cc(C#N)c2ncc(C)cc2c1. The zero-order valence-electron chi connectivity index (χ0n) is 11.3. The van der Waals surface area contributed by atoms with Gasteiger partial charge >= 0.3 is 0 Å². The largest absolute Gasteiger partial charge is 0.402 e. The number of nitrogens with two attached hydrogens (primary N) is 1. The lowest BCUT2D eigenvalue weighted by Crippen LogP contribution is -2.02. The van der Waals surface area contributed by atoms with E-state index >= 15 is 0 Å². The first kappa shape index (κ1) is 13.1. The van der Waals surface area contributed by atoms with Crippen molar-refractivity contribution in [1.29, 1.82) is 5.26 Å². The molecule has 1 aromatic heterocycles. The number of rotatable bonds is 3. The normalized spacial score (nSPS) is 11.5. The summed E-state index contributed by atoms with van der Waals surface area (Å²) >= 11 is 0.